The van der Waals surface area contributed by atoms with E-state index in [4.69, 9.17) is 9.84 Å². The first-order valence-corrected chi connectivity index (χ1v) is 5.13. The number of aryl methyl sites for hydroxylation is 1. The number of hydrogen-bond acceptors (Lipinski definition) is 3. The Balaban J connectivity index is 2.69. The van der Waals surface area contributed by atoms with Crippen molar-refractivity contribution < 1.29 is 19.0 Å². The number of aromatic carboxylic acids is 1. The van der Waals surface area contributed by atoms with Gasteiger partial charge >= 0.3 is 5.97 Å². The number of carbonyl (C=O) groups is 1. The Hall–Kier alpha value is -2.37. The van der Waals surface area contributed by atoms with Crippen LogP contribution in [-0.2, 0) is 7.05 Å². The lowest BCUT2D eigenvalue weighted by Crippen LogP contribution is -2.07. The van der Waals surface area contributed by atoms with Crippen molar-refractivity contribution in [3.8, 4) is 16.9 Å². The van der Waals surface area contributed by atoms with E-state index in [1.165, 1.54) is 43.2 Å². The van der Waals surface area contributed by atoms with Crippen LogP contribution in [0, 0.1) is 5.82 Å². The van der Waals surface area contributed by atoms with Crippen molar-refractivity contribution in [3.05, 3.63) is 35.9 Å². The molecule has 0 amide bonds. The van der Waals surface area contributed by atoms with Crippen LogP contribution < -0.4 is 4.74 Å². The summed E-state index contributed by atoms with van der Waals surface area (Å²) < 4.78 is 19.6. The van der Waals surface area contributed by atoms with Crippen molar-refractivity contribution in [2.75, 3.05) is 7.11 Å². The molecule has 5 nitrogen and oxygen atoms in total. The van der Waals surface area contributed by atoms with Gasteiger partial charge in [0, 0.05) is 18.2 Å². The maximum absolute atomic E-state index is 13.3. The molecular weight excluding hydrogens is 239 g/mol. The predicted octanol–water partition coefficient (Wildman–Crippen LogP) is 1.93. The van der Waals surface area contributed by atoms with Crippen molar-refractivity contribution in [3.63, 3.8) is 0 Å². The zero-order chi connectivity index (χ0) is 13.3. The maximum atomic E-state index is 13.3. The molecule has 0 unspecified atom stereocenters. The highest BCUT2D eigenvalue weighted by atomic mass is 19.1. The van der Waals surface area contributed by atoms with Crippen LogP contribution in [-0.4, -0.2) is 28.0 Å². The first-order chi connectivity index (χ1) is 8.54. The molecule has 0 saturated heterocycles. The number of ether oxygens (including phenoxy) is 1. The van der Waals surface area contributed by atoms with Crippen LogP contribution >= 0.6 is 0 Å². The molecule has 1 N–H and O–H groups in total. The Morgan fingerprint density at radius 2 is 2.17 bits per heavy atom. The molecule has 18 heavy (non-hydrogen) atoms. The number of aromatic nitrogens is 2. The summed E-state index contributed by atoms with van der Waals surface area (Å²) in [5, 5.41) is 13.0. The van der Waals surface area contributed by atoms with E-state index in [-0.39, 0.29) is 5.69 Å². The van der Waals surface area contributed by atoms with Crippen LogP contribution in [0.15, 0.2) is 24.4 Å². The van der Waals surface area contributed by atoms with Gasteiger partial charge in [0.25, 0.3) is 0 Å². The van der Waals surface area contributed by atoms with Gasteiger partial charge in [-0.25, -0.2) is 9.18 Å². The molecule has 6 heteroatoms. The third-order valence-electron chi connectivity index (χ3n) is 2.59. The lowest BCUT2D eigenvalue weighted by atomic mass is 10.0. The minimum atomic E-state index is -1.13. The molecule has 2 rings (SSSR count). The molecule has 1 aromatic carbocycles. The van der Waals surface area contributed by atoms with E-state index in [1.807, 2.05) is 0 Å². The van der Waals surface area contributed by atoms with E-state index in [0.717, 1.165) is 0 Å². The van der Waals surface area contributed by atoms with E-state index < -0.39 is 11.8 Å². The number of carboxylic acids is 1. The molecule has 1 heterocycles. The third-order valence-corrected chi connectivity index (χ3v) is 2.59. The van der Waals surface area contributed by atoms with Crippen LogP contribution in [0.5, 0.6) is 5.75 Å². The first kappa shape index (κ1) is 12.1. The minimum absolute atomic E-state index is 0.0149. The van der Waals surface area contributed by atoms with Crippen molar-refractivity contribution >= 4 is 5.97 Å². The standard InChI is InChI=1S/C12H11FN2O3/c1-15-11(12(16)17)9(6-14-15)8-5-7(13)3-4-10(8)18-2/h3-6H,1-2H3,(H,16,17). The lowest BCUT2D eigenvalue weighted by molar-refractivity contribution is 0.0686. The topological polar surface area (TPSA) is 64.4 Å². The van der Waals surface area contributed by atoms with Crippen molar-refractivity contribution in [1.82, 2.24) is 9.78 Å². The van der Waals surface area contributed by atoms with E-state index in [0.29, 0.717) is 16.9 Å². The molecule has 0 saturated carbocycles. The summed E-state index contributed by atoms with van der Waals surface area (Å²) in [7, 11) is 2.95. The number of hydrogen-bond donors (Lipinski definition) is 1. The summed E-state index contributed by atoms with van der Waals surface area (Å²) in [4.78, 5) is 11.2. The maximum Gasteiger partial charge on any atom is 0.354 e. The number of nitrogens with zero attached hydrogens (tertiary/aromatic N) is 2. The average Bonchev–Trinajstić information content (AvgIpc) is 2.71. The van der Waals surface area contributed by atoms with Gasteiger partial charge < -0.3 is 9.84 Å². The first-order valence-electron chi connectivity index (χ1n) is 5.13. The van der Waals surface area contributed by atoms with Crippen LogP contribution in [0.25, 0.3) is 11.1 Å². The van der Waals surface area contributed by atoms with E-state index in [2.05, 4.69) is 5.10 Å². The molecule has 0 aliphatic heterocycles. The molecular formula is C12H11FN2O3. The van der Waals surface area contributed by atoms with Gasteiger partial charge in [-0.2, -0.15) is 5.10 Å². The number of benzene rings is 1. The van der Waals surface area contributed by atoms with Gasteiger partial charge in [-0.3, -0.25) is 4.68 Å². The Kier molecular flexibility index (Phi) is 3.01. The second-order valence-electron chi connectivity index (χ2n) is 3.68. The van der Waals surface area contributed by atoms with Gasteiger partial charge in [-0.05, 0) is 18.2 Å². The van der Waals surface area contributed by atoms with Crippen LogP contribution in [0.3, 0.4) is 0 Å². The van der Waals surface area contributed by atoms with Crippen molar-refractivity contribution in [2.45, 2.75) is 0 Å². The van der Waals surface area contributed by atoms with Crippen LogP contribution in [0.4, 0.5) is 4.39 Å². The Morgan fingerprint density at radius 3 is 2.78 bits per heavy atom. The number of rotatable bonds is 3. The highest BCUT2D eigenvalue weighted by Crippen LogP contribution is 2.32. The van der Waals surface area contributed by atoms with Gasteiger partial charge in [0.2, 0.25) is 0 Å². The third kappa shape index (κ3) is 1.92. The fraction of sp³-hybridized carbons (Fsp3) is 0.167. The number of methoxy groups -OCH3 is 1. The van der Waals surface area contributed by atoms with E-state index >= 15 is 0 Å². The fourth-order valence-electron chi connectivity index (χ4n) is 1.78. The molecule has 0 fully saturated rings. The normalized spacial score (nSPS) is 10.4. The summed E-state index contributed by atoms with van der Waals surface area (Å²) in [5.41, 5.74) is 0.670. The molecule has 0 aliphatic rings. The Labute approximate surface area is 102 Å². The van der Waals surface area contributed by atoms with Crippen LogP contribution in [0.1, 0.15) is 10.5 Å². The summed E-state index contributed by atoms with van der Waals surface area (Å²) in [5.74, 6) is -1.20. The summed E-state index contributed by atoms with van der Waals surface area (Å²) in [6, 6.07) is 3.92. The average molecular weight is 250 g/mol. The molecule has 2 aromatic rings. The van der Waals surface area contributed by atoms with Gasteiger partial charge in [0.05, 0.1) is 13.3 Å². The molecule has 1 aromatic heterocycles. The molecule has 0 bridgehead atoms. The number of halogens is 1. The van der Waals surface area contributed by atoms with Crippen LogP contribution in [0.2, 0.25) is 0 Å². The Morgan fingerprint density at radius 1 is 1.44 bits per heavy atom. The van der Waals surface area contributed by atoms with Crippen molar-refractivity contribution in [2.24, 2.45) is 7.05 Å². The van der Waals surface area contributed by atoms with Gasteiger partial charge in [-0.1, -0.05) is 0 Å². The van der Waals surface area contributed by atoms with Gasteiger partial charge in [0.1, 0.15) is 11.6 Å². The highest BCUT2D eigenvalue weighted by Gasteiger charge is 2.20. The molecule has 0 atom stereocenters. The van der Waals surface area contributed by atoms with Gasteiger partial charge in [0.15, 0.2) is 5.69 Å². The zero-order valence-electron chi connectivity index (χ0n) is 9.85. The minimum Gasteiger partial charge on any atom is -0.496 e. The summed E-state index contributed by atoms with van der Waals surface area (Å²) in [6.07, 6.45) is 1.38. The summed E-state index contributed by atoms with van der Waals surface area (Å²) in [6.45, 7) is 0. The summed E-state index contributed by atoms with van der Waals surface area (Å²) >= 11 is 0. The molecule has 0 aliphatic carbocycles. The quantitative estimate of drug-likeness (QED) is 0.904. The van der Waals surface area contributed by atoms with Gasteiger partial charge in [-0.15, -0.1) is 0 Å². The highest BCUT2D eigenvalue weighted by molar-refractivity contribution is 5.95. The second-order valence-corrected chi connectivity index (χ2v) is 3.68. The molecule has 94 valence electrons. The van der Waals surface area contributed by atoms with E-state index in [1.54, 1.807) is 0 Å². The largest absolute Gasteiger partial charge is 0.496 e. The zero-order valence-corrected chi connectivity index (χ0v) is 9.85. The van der Waals surface area contributed by atoms with Crippen molar-refractivity contribution in [1.29, 1.82) is 0 Å². The second kappa shape index (κ2) is 4.48. The monoisotopic (exact) mass is 250 g/mol. The number of carboxylic acid groups (broad SMARTS) is 1. The lowest BCUT2D eigenvalue weighted by Gasteiger charge is -2.08. The van der Waals surface area contributed by atoms with E-state index in [9.17, 15) is 9.18 Å². The molecule has 0 spiro atoms. The Bertz CT molecular complexity index is 607. The SMILES string of the molecule is COc1ccc(F)cc1-c1cnn(C)c1C(=O)O. The predicted molar refractivity (Wildman–Crippen MR) is 62.1 cm³/mol. The fourth-order valence-corrected chi connectivity index (χ4v) is 1.78. The smallest absolute Gasteiger partial charge is 0.354 e. The molecule has 0 radical (unpaired) electrons.